The van der Waals surface area contributed by atoms with Gasteiger partial charge in [-0.2, -0.15) is 0 Å². The first kappa shape index (κ1) is 15.6. The number of rotatable bonds is 6. The van der Waals surface area contributed by atoms with E-state index in [9.17, 15) is 22.9 Å². The highest BCUT2D eigenvalue weighted by atomic mass is 35.5. The number of alkyl halides is 1. The van der Waals surface area contributed by atoms with Gasteiger partial charge in [0.15, 0.2) is 0 Å². The molecule has 0 aliphatic rings. The molecule has 1 N–H and O–H groups in total. The smallest absolute Gasteiger partial charge is 0.271 e. The van der Waals surface area contributed by atoms with Gasteiger partial charge in [0.2, 0.25) is 10.0 Å². The molecule has 1 unspecified atom stereocenters. The first-order chi connectivity index (χ1) is 8.75. The third kappa shape index (κ3) is 4.64. The fraction of sp³-hybridized carbons (Fsp3) is 0.400. The SMILES string of the molecule is CC(CCl)CS(=O)(=O)Nc1cc([N+](=O)[O-])ccc1F. The van der Waals surface area contributed by atoms with Crippen LogP contribution in [0, 0.1) is 21.8 Å². The zero-order chi connectivity index (χ0) is 14.6. The highest BCUT2D eigenvalue weighted by Gasteiger charge is 2.19. The largest absolute Gasteiger partial charge is 0.280 e. The number of halogens is 2. The summed E-state index contributed by atoms with van der Waals surface area (Å²) < 4.78 is 38.8. The predicted molar refractivity (Wildman–Crippen MR) is 70.3 cm³/mol. The summed E-state index contributed by atoms with van der Waals surface area (Å²) in [5, 5.41) is 10.5. The molecule has 1 atom stereocenters. The Bertz CT molecular complexity index is 579. The Labute approximate surface area is 114 Å². The van der Waals surface area contributed by atoms with E-state index in [2.05, 4.69) is 0 Å². The van der Waals surface area contributed by atoms with Gasteiger partial charge in [-0.3, -0.25) is 14.8 Å². The van der Waals surface area contributed by atoms with Gasteiger partial charge in [-0.15, -0.1) is 11.6 Å². The minimum atomic E-state index is -3.81. The van der Waals surface area contributed by atoms with Crippen molar-refractivity contribution < 1.29 is 17.7 Å². The number of sulfonamides is 1. The molecule has 0 spiro atoms. The Morgan fingerprint density at radius 3 is 2.68 bits per heavy atom. The predicted octanol–water partition coefficient (Wildman–Crippen LogP) is 2.35. The van der Waals surface area contributed by atoms with Crippen LogP contribution in [0.2, 0.25) is 0 Å². The number of nitrogens with zero attached hydrogens (tertiary/aromatic N) is 1. The van der Waals surface area contributed by atoms with Crippen LogP contribution in [0.4, 0.5) is 15.8 Å². The number of hydrogen-bond acceptors (Lipinski definition) is 4. The lowest BCUT2D eigenvalue weighted by atomic mass is 10.3. The fourth-order valence-electron chi connectivity index (χ4n) is 1.33. The molecule has 0 aliphatic carbocycles. The minimum Gasteiger partial charge on any atom is -0.280 e. The molecule has 0 bridgehead atoms. The highest BCUT2D eigenvalue weighted by molar-refractivity contribution is 7.92. The van der Waals surface area contributed by atoms with Crippen LogP contribution in [-0.4, -0.2) is 25.0 Å². The zero-order valence-electron chi connectivity index (χ0n) is 9.97. The second-order valence-corrected chi connectivity index (χ2v) is 6.14. The number of anilines is 1. The number of non-ortho nitro benzene ring substituents is 1. The van der Waals surface area contributed by atoms with Crippen molar-refractivity contribution in [1.82, 2.24) is 0 Å². The van der Waals surface area contributed by atoms with Gasteiger partial charge >= 0.3 is 0 Å². The van der Waals surface area contributed by atoms with E-state index < -0.39 is 32.1 Å². The van der Waals surface area contributed by atoms with Gasteiger partial charge in [-0.05, 0) is 12.0 Å². The molecule has 1 aromatic rings. The van der Waals surface area contributed by atoms with Gasteiger partial charge < -0.3 is 0 Å². The van der Waals surface area contributed by atoms with Crippen LogP contribution in [0.5, 0.6) is 0 Å². The van der Waals surface area contributed by atoms with Gasteiger partial charge in [-0.25, -0.2) is 12.8 Å². The molecule has 9 heteroatoms. The van der Waals surface area contributed by atoms with Gasteiger partial charge in [0.05, 0.1) is 16.4 Å². The fourth-order valence-corrected chi connectivity index (χ4v) is 3.01. The minimum absolute atomic E-state index is 0.137. The summed E-state index contributed by atoms with van der Waals surface area (Å²) in [5.41, 5.74) is -0.847. The molecule has 0 heterocycles. The summed E-state index contributed by atoms with van der Waals surface area (Å²) in [5.74, 6) is -1.36. The van der Waals surface area contributed by atoms with Crippen LogP contribution in [0.3, 0.4) is 0 Å². The van der Waals surface area contributed by atoms with E-state index in [4.69, 9.17) is 11.6 Å². The topological polar surface area (TPSA) is 89.3 Å². The Balaban J connectivity index is 2.98. The summed E-state index contributed by atoms with van der Waals surface area (Å²) in [6, 6.07) is 2.62. The molecule has 0 fully saturated rings. The molecular weight excluding hydrogens is 299 g/mol. The van der Waals surface area contributed by atoms with Gasteiger partial charge in [0.1, 0.15) is 5.82 Å². The molecule has 0 aromatic heterocycles. The molecule has 19 heavy (non-hydrogen) atoms. The average molecular weight is 311 g/mol. The lowest BCUT2D eigenvalue weighted by Gasteiger charge is -2.11. The molecule has 0 radical (unpaired) electrons. The highest BCUT2D eigenvalue weighted by Crippen LogP contribution is 2.22. The van der Waals surface area contributed by atoms with Crippen molar-refractivity contribution in [1.29, 1.82) is 0 Å². The van der Waals surface area contributed by atoms with Crippen LogP contribution < -0.4 is 4.72 Å². The van der Waals surface area contributed by atoms with Crippen LogP contribution in [-0.2, 0) is 10.0 Å². The summed E-state index contributed by atoms with van der Waals surface area (Å²) >= 11 is 5.50. The van der Waals surface area contributed by atoms with Crippen LogP contribution in [0.1, 0.15) is 6.92 Å². The van der Waals surface area contributed by atoms with Crippen molar-refractivity contribution in [3.8, 4) is 0 Å². The number of nitrogens with one attached hydrogen (secondary N) is 1. The number of nitro groups is 1. The maximum Gasteiger partial charge on any atom is 0.271 e. The summed E-state index contributed by atoms with van der Waals surface area (Å²) in [4.78, 5) is 9.81. The molecule has 6 nitrogen and oxygen atoms in total. The van der Waals surface area contributed by atoms with Gasteiger partial charge in [0, 0.05) is 18.0 Å². The molecule has 0 saturated carbocycles. The summed E-state index contributed by atoms with van der Waals surface area (Å²) in [7, 11) is -3.81. The zero-order valence-corrected chi connectivity index (χ0v) is 11.5. The number of benzene rings is 1. The second kappa shape index (κ2) is 6.16. The van der Waals surface area contributed by atoms with E-state index in [0.717, 1.165) is 18.2 Å². The van der Waals surface area contributed by atoms with Gasteiger partial charge in [0.25, 0.3) is 5.69 Å². The second-order valence-electron chi connectivity index (χ2n) is 4.06. The van der Waals surface area contributed by atoms with Crippen molar-refractivity contribution in [2.45, 2.75) is 6.92 Å². The third-order valence-electron chi connectivity index (χ3n) is 2.19. The Kier molecular flexibility index (Phi) is 5.07. The van der Waals surface area contributed by atoms with Crippen molar-refractivity contribution in [3.05, 3.63) is 34.1 Å². The number of hydrogen-bond donors (Lipinski definition) is 1. The van der Waals surface area contributed by atoms with Crippen LogP contribution in [0.15, 0.2) is 18.2 Å². The molecule has 0 aliphatic heterocycles. The average Bonchev–Trinajstić information content (AvgIpc) is 2.30. The van der Waals surface area contributed by atoms with Crippen molar-refractivity contribution in [3.63, 3.8) is 0 Å². The van der Waals surface area contributed by atoms with E-state index in [0.29, 0.717) is 0 Å². The molecule has 0 amide bonds. The first-order valence-corrected chi connectivity index (χ1v) is 7.44. The van der Waals surface area contributed by atoms with Crippen molar-refractivity contribution in [2.75, 3.05) is 16.4 Å². The summed E-state index contributed by atoms with van der Waals surface area (Å²) in [6.07, 6.45) is 0. The molecular formula is C10H12ClFN2O4S. The lowest BCUT2D eigenvalue weighted by Crippen LogP contribution is -2.22. The van der Waals surface area contributed by atoms with E-state index >= 15 is 0 Å². The lowest BCUT2D eigenvalue weighted by molar-refractivity contribution is -0.384. The maximum absolute atomic E-state index is 13.4. The summed E-state index contributed by atoms with van der Waals surface area (Å²) in [6.45, 7) is 1.62. The Morgan fingerprint density at radius 1 is 1.53 bits per heavy atom. The van der Waals surface area contributed by atoms with Crippen molar-refractivity contribution >= 4 is 33.0 Å². The number of nitro benzene ring substituents is 1. The van der Waals surface area contributed by atoms with Crippen LogP contribution >= 0.6 is 11.6 Å². The van der Waals surface area contributed by atoms with Gasteiger partial charge in [-0.1, -0.05) is 6.92 Å². The van der Waals surface area contributed by atoms with E-state index in [1.54, 1.807) is 6.92 Å². The molecule has 1 rings (SSSR count). The third-order valence-corrected chi connectivity index (χ3v) is 4.26. The van der Waals surface area contributed by atoms with Crippen LogP contribution in [0.25, 0.3) is 0 Å². The van der Waals surface area contributed by atoms with E-state index in [-0.39, 0.29) is 17.6 Å². The molecule has 1 aromatic carbocycles. The maximum atomic E-state index is 13.4. The van der Waals surface area contributed by atoms with E-state index in [1.807, 2.05) is 4.72 Å². The quantitative estimate of drug-likeness (QED) is 0.496. The van der Waals surface area contributed by atoms with Crippen molar-refractivity contribution in [2.24, 2.45) is 5.92 Å². The normalized spacial score (nSPS) is 13.0. The molecule has 0 saturated heterocycles. The van der Waals surface area contributed by atoms with E-state index in [1.165, 1.54) is 0 Å². The standard InChI is InChI=1S/C10H12ClFN2O4S/c1-7(5-11)6-19(17,18)13-10-4-8(14(15)16)2-3-9(10)12/h2-4,7,13H,5-6H2,1H3. The Hall–Kier alpha value is -1.41. The monoisotopic (exact) mass is 310 g/mol. The first-order valence-electron chi connectivity index (χ1n) is 5.25. The Morgan fingerprint density at radius 2 is 2.16 bits per heavy atom. The molecule has 106 valence electrons.